The number of nitrogens with zero attached hydrogens (tertiary/aromatic N) is 4. The minimum atomic E-state index is 0.606. The molecule has 0 fully saturated rings. The van der Waals surface area contributed by atoms with Gasteiger partial charge in [-0.2, -0.15) is 10.5 Å². The second-order valence-corrected chi connectivity index (χ2v) is 10.8. The molecule has 0 amide bonds. The Labute approximate surface area is 241 Å². The minimum Gasteiger partial charge on any atom is -0.256 e. The van der Waals surface area contributed by atoms with Gasteiger partial charge in [-0.3, -0.25) is 9.97 Å². The van der Waals surface area contributed by atoms with Crippen molar-refractivity contribution in [1.29, 1.82) is 10.5 Å². The second kappa shape index (κ2) is 10.2. The SMILES string of the molecule is N#Cc1ccnc(-c2ccc(-c3ccc4c(c3)sc3cc(-c5ccc(-c6cc(C#N)ccn6)cc5)ccc34)cc2)c1. The quantitative estimate of drug-likeness (QED) is 0.223. The molecule has 0 bridgehead atoms. The smallest absolute Gasteiger partial charge is 0.0992 e. The van der Waals surface area contributed by atoms with E-state index in [0.29, 0.717) is 11.1 Å². The third-order valence-electron chi connectivity index (χ3n) is 7.28. The van der Waals surface area contributed by atoms with Crippen molar-refractivity contribution in [3.63, 3.8) is 0 Å². The number of pyridine rings is 2. The first kappa shape index (κ1) is 24.4. The van der Waals surface area contributed by atoms with Gasteiger partial charge in [0.15, 0.2) is 0 Å². The van der Waals surface area contributed by atoms with Crippen LogP contribution in [-0.4, -0.2) is 9.97 Å². The van der Waals surface area contributed by atoms with Crippen molar-refractivity contribution in [2.24, 2.45) is 0 Å². The molecule has 5 heteroatoms. The Morgan fingerprint density at radius 1 is 0.439 bits per heavy atom. The summed E-state index contributed by atoms with van der Waals surface area (Å²) >= 11 is 1.81. The number of fused-ring (bicyclic) bond motifs is 3. The molecule has 7 aromatic rings. The van der Waals surface area contributed by atoms with E-state index >= 15 is 0 Å². The summed E-state index contributed by atoms with van der Waals surface area (Å²) in [4.78, 5) is 8.83. The standard InChI is InChI=1S/C36H20N4S/c37-21-23-13-15-39-33(17-23)27-5-1-25(2-6-27)29-9-11-31-32-12-10-30(20-36(32)41-35(31)19-29)26-3-7-28(8-4-26)34-18-24(22-38)14-16-40-34/h1-20H. The van der Waals surface area contributed by atoms with Crippen LogP contribution in [0.5, 0.6) is 0 Å². The molecule has 4 aromatic carbocycles. The summed E-state index contributed by atoms with van der Waals surface area (Å²) in [5.41, 5.74) is 9.39. The van der Waals surface area contributed by atoms with Gasteiger partial charge in [0.05, 0.1) is 34.7 Å². The van der Waals surface area contributed by atoms with E-state index in [9.17, 15) is 10.5 Å². The van der Waals surface area contributed by atoms with Gasteiger partial charge in [0.2, 0.25) is 0 Å². The van der Waals surface area contributed by atoms with Crippen LogP contribution in [0.4, 0.5) is 0 Å². The minimum absolute atomic E-state index is 0.606. The summed E-state index contributed by atoms with van der Waals surface area (Å²) in [7, 11) is 0. The second-order valence-electron chi connectivity index (χ2n) is 9.76. The maximum absolute atomic E-state index is 9.19. The van der Waals surface area contributed by atoms with Crippen molar-refractivity contribution in [3.8, 4) is 56.9 Å². The lowest BCUT2D eigenvalue weighted by atomic mass is 9.99. The zero-order valence-corrected chi connectivity index (χ0v) is 22.6. The molecule has 190 valence electrons. The molecule has 41 heavy (non-hydrogen) atoms. The van der Waals surface area contributed by atoms with Crippen molar-refractivity contribution in [2.45, 2.75) is 0 Å². The Morgan fingerprint density at radius 2 is 0.829 bits per heavy atom. The Bertz CT molecular complexity index is 2010. The molecule has 3 aromatic heterocycles. The number of benzene rings is 4. The van der Waals surface area contributed by atoms with Gasteiger partial charge in [0, 0.05) is 43.7 Å². The maximum atomic E-state index is 9.19. The number of thiophene rings is 1. The maximum Gasteiger partial charge on any atom is 0.0992 e. The predicted octanol–water partition coefficient (Wildman–Crippen LogP) is 9.26. The van der Waals surface area contributed by atoms with Crippen molar-refractivity contribution in [1.82, 2.24) is 9.97 Å². The van der Waals surface area contributed by atoms with E-state index in [1.54, 1.807) is 35.9 Å². The third-order valence-corrected chi connectivity index (χ3v) is 8.39. The van der Waals surface area contributed by atoms with E-state index in [0.717, 1.165) is 33.6 Å². The molecule has 0 N–H and O–H groups in total. The molecule has 0 aliphatic carbocycles. The van der Waals surface area contributed by atoms with Crippen LogP contribution in [0.1, 0.15) is 11.1 Å². The molecule has 0 aliphatic heterocycles. The fraction of sp³-hybridized carbons (Fsp3) is 0. The van der Waals surface area contributed by atoms with E-state index in [1.165, 1.54) is 31.3 Å². The Kier molecular flexibility index (Phi) is 6.06. The van der Waals surface area contributed by atoms with Gasteiger partial charge in [-0.05, 0) is 58.7 Å². The molecule has 4 nitrogen and oxygen atoms in total. The molecule has 0 spiro atoms. The molecule has 0 saturated heterocycles. The Morgan fingerprint density at radius 3 is 1.24 bits per heavy atom. The number of aromatic nitrogens is 2. The number of hydrogen-bond acceptors (Lipinski definition) is 5. The van der Waals surface area contributed by atoms with Crippen LogP contribution in [0.3, 0.4) is 0 Å². The van der Waals surface area contributed by atoms with Crippen molar-refractivity contribution >= 4 is 31.5 Å². The van der Waals surface area contributed by atoms with Crippen LogP contribution < -0.4 is 0 Å². The molecule has 0 atom stereocenters. The zero-order valence-electron chi connectivity index (χ0n) is 21.7. The van der Waals surface area contributed by atoms with Crippen LogP contribution in [-0.2, 0) is 0 Å². The number of nitriles is 2. The Balaban J connectivity index is 1.18. The fourth-order valence-corrected chi connectivity index (χ4v) is 6.30. The summed E-state index contributed by atoms with van der Waals surface area (Å²) < 4.78 is 2.50. The number of hydrogen-bond donors (Lipinski definition) is 0. The molecule has 3 heterocycles. The molecular weight excluding hydrogens is 520 g/mol. The molecule has 0 unspecified atom stereocenters. The van der Waals surface area contributed by atoms with E-state index in [2.05, 4.69) is 107 Å². The lowest BCUT2D eigenvalue weighted by molar-refractivity contribution is 1.31. The van der Waals surface area contributed by atoms with Gasteiger partial charge in [-0.25, -0.2) is 0 Å². The van der Waals surface area contributed by atoms with E-state index in [1.807, 2.05) is 12.1 Å². The highest BCUT2D eigenvalue weighted by molar-refractivity contribution is 7.25. The summed E-state index contributed by atoms with van der Waals surface area (Å²) in [6, 6.07) is 41.4. The van der Waals surface area contributed by atoms with Crippen molar-refractivity contribution < 1.29 is 0 Å². The van der Waals surface area contributed by atoms with E-state index < -0.39 is 0 Å². The first-order valence-corrected chi connectivity index (χ1v) is 13.9. The molecule has 0 saturated carbocycles. The van der Waals surface area contributed by atoms with Crippen molar-refractivity contribution in [2.75, 3.05) is 0 Å². The Hall–Kier alpha value is -5.62. The average Bonchev–Trinajstić information content (AvgIpc) is 3.42. The summed E-state index contributed by atoms with van der Waals surface area (Å²) in [5, 5.41) is 20.9. The van der Waals surface area contributed by atoms with Crippen LogP contribution in [0.15, 0.2) is 122 Å². The van der Waals surface area contributed by atoms with Crippen LogP contribution in [0.2, 0.25) is 0 Å². The monoisotopic (exact) mass is 540 g/mol. The predicted molar refractivity (Wildman–Crippen MR) is 166 cm³/mol. The van der Waals surface area contributed by atoms with Gasteiger partial charge in [-0.1, -0.05) is 72.8 Å². The van der Waals surface area contributed by atoms with Gasteiger partial charge >= 0.3 is 0 Å². The largest absolute Gasteiger partial charge is 0.256 e. The first-order valence-electron chi connectivity index (χ1n) is 13.1. The molecular formula is C36H20N4S. The summed E-state index contributed by atoms with van der Waals surface area (Å²) in [6.07, 6.45) is 3.35. The zero-order chi connectivity index (χ0) is 27.8. The lowest BCUT2D eigenvalue weighted by Crippen LogP contribution is -1.85. The average molecular weight is 541 g/mol. The summed E-state index contributed by atoms with van der Waals surface area (Å²) in [5.74, 6) is 0. The normalized spacial score (nSPS) is 10.9. The van der Waals surface area contributed by atoms with Gasteiger partial charge in [0.1, 0.15) is 0 Å². The van der Waals surface area contributed by atoms with Gasteiger partial charge in [0.25, 0.3) is 0 Å². The highest BCUT2D eigenvalue weighted by Crippen LogP contribution is 2.39. The first-order chi connectivity index (χ1) is 20.2. The molecule has 0 aliphatic rings. The summed E-state index contributed by atoms with van der Waals surface area (Å²) in [6.45, 7) is 0. The highest BCUT2D eigenvalue weighted by atomic mass is 32.1. The van der Waals surface area contributed by atoms with Crippen LogP contribution in [0.25, 0.3) is 64.9 Å². The molecule has 0 radical (unpaired) electrons. The van der Waals surface area contributed by atoms with Gasteiger partial charge in [-0.15, -0.1) is 11.3 Å². The number of rotatable bonds is 4. The molecule has 7 rings (SSSR count). The van der Waals surface area contributed by atoms with Gasteiger partial charge < -0.3 is 0 Å². The van der Waals surface area contributed by atoms with E-state index in [4.69, 9.17) is 0 Å². The van der Waals surface area contributed by atoms with Crippen LogP contribution >= 0.6 is 11.3 Å². The lowest BCUT2D eigenvalue weighted by Gasteiger charge is -2.06. The fourth-order valence-electron chi connectivity index (χ4n) is 5.12. The van der Waals surface area contributed by atoms with E-state index in [-0.39, 0.29) is 0 Å². The van der Waals surface area contributed by atoms with Crippen LogP contribution in [0, 0.1) is 22.7 Å². The highest BCUT2D eigenvalue weighted by Gasteiger charge is 2.10. The van der Waals surface area contributed by atoms with Crippen molar-refractivity contribution in [3.05, 3.63) is 133 Å². The third kappa shape index (κ3) is 4.61. The topological polar surface area (TPSA) is 73.4 Å².